The third-order valence-corrected chi connectivity index (χ3v) is 3.54. The first-order valence-corrected chi connectivity index (χ1v) is 7.69. The van der Waals surface area contributed by atoms with Gasteiger partial charge < -0.3 is 10.6 Å². The standard InChI is InChI=1S/C19H16N4O2/c1-2-9-22-18(24)14-8-11-20-16(12-14)19(25)23-15-7-3-5-13-6-4-10-21-17(13)15/h2-8,10-12H,1,9H2,(H,22,24)(H,23,25). The van der Waals surface area contributed by atoms with Crippen molar-refractivity contribution in [3.8, 4) is 0 Å². The number of aromatic nitrogens is 2. The zero-order valence-corrected chi connectivity index (χ0v) is 13.4. The van der Waals surface area contributed by atoms with E-state index in [0.29, 0.717) is 23.3 Å². The fraction of sp³-hybridized carbons (Fsp3) is 0.0526. The summed E-state index contributed by atoms with van der Waals surface area (Å²) in [6, 6.07) is 12.3. The van der Waals surface area contributed by atoms with E-state index in [2.05, 4.69) is 27.2 Å². The van der Waals surface area contributed by atoms with Crippen molar-refractivity contribution in [2.45, 2.75) is 0 Å². The number of hydrogen-bond donors (Lipinski definition) is 2. The number of fused-ring (bicyclic) bond motifs is 1. The lowest BCUT2D eigenvalue weighted by Crippen LogP contribution is -2.24. The second-order valence-corrected chi connectivity index (χ2v) is 5.26. The van der Waals surface area contributed by atoms with Crippen LogP contribution in [0.3, 0.4) is 0 Å². The van der Waals surface area contributed by atoms with Gasteiger partial charge in [0.15, 0.2) is 0 Å². The summed E-state index contributed by atoms with van der Waals surface area (Å²) in [6.45, 7) is 3.90. The minimum atomic E-state index is -0.406. The number of hydrogen-bond acceptors (Lipinski definition) is 4. The molecule has 0 radical (unpaired) electrons. The molecule has 124 valence electrons. The Morgan fingerprint density at radius 3 is 2.72 bits per heavy atom. The number of pyridine rings is 2. The third kappa shape index (κ3) is 3.69. The highest BCUT2D eigenvalue weighted by atomic mass is 16.2. The number of nitrogens with zero attached hydrogens (tertiary/aromatic N) is 2. The second-order valence-electron chi connectivity index (χ2n) is 5.26. The highest BCUT2D eigenvalue weighted by Gasteiger charge is 2.13. The van der Waals surface area contributed by atoms with Crippen molar-refractivity contribution < 1.29 is 9.59 Å². The van der Waals surface area contributed by atoms with Crippen LogP contribution in [0.5, 0.6) is 0 Å². The quantitative estimate of drug-likeness (QED) is 0.704. The number of benzene rings is 1. The van der Waals surface area contributed by atoms with Crippen LogP contribution in [0.15, 0.2) is 67.5 Å². The average Bonchev–Trinajstić information content (AvgIpc) is 2.66. The van der Waals surface area contributed by atoms with Gasteiger partial charge in [-0.15, -0.1) is 6.58 Å². The molecule has 0 saturated heterocycles. The van der Waals surface area contributed by atoms with Crippen LogP contribution < -0.4 is 10.6 Å². The number of rotatable bonds is 5. The number of para-hydroxylation sites is 1. The van der Waals surface area contributed by atoms with Crippen molar-refractivity contribution in [2.24, 2.45) is 0 Å². The maximum atomic E-state index is 12.5. The molecular formula is C19H16N4O2. The van der Waals surface area contributed by atoms with Crippen molar-refractivity contribution in [1.82, 2.24) is 15.3 Å². The van der Waals surface area contributed by atoms with Crippen molar-refractivity contribution in [3.05, 3.63) is 78.8 Å². The first-order chi connectivity index (χ1) is 12.2. The molecule has 0 bridgehead atoms. The van der Waals surface area contributed by atoms with E-state index in [4.69, 9.17) is 0 Å². The van der Waals surface area contributed by atoms with Crippen LogP contribution in [0.1, 0.15) is 20.8 Å². The summed E-state index contributed by atoms with van der Waals surface area (Å²) >= 11 is 0. The van der Waals surface area contributed by atoms with E-state index in [-0.39, 0.29) is 11.6 Å². The van der Waals surface area contributed by atoms with Crippen molar-refractivity contribution >= 4 is 28.4 Å². The number of carbonyl (C=O) groups excluding carboxylic acids is 2. The molecule has 3 aromatic rings. The Hall–Kier alpha value is -3.54. The first-order valence-electron chi connectivity index (χ1n) is 7.69. The Labute approximate surface area is 144 Å². The molecule has 2 amide bonds. The predicted molar refractivity (Wildman–Crippen MR) is 96.5 cm³/mol. The summed E-state index contributed by atoms with van der Waals surface area (Å²) in [7, 11) is 0. The summed E-state index contributed by atoms with van der Waals surface area (Å²) in [5.74, 6) is -0.695. The van der Waals surface area contributed by atoms with Gasteiger partial charge in [0.25, 0.3) is 11.8 Å². The normalized spacial score (nSPS) is 10.2. The Balaban J connectivity index is 1.83. The summed E-state index contributed by atoms with van der Waals surface area (Å²) in [5.41, 5.74) is 1.79. The smallest absolute Gasteiger partial charge is 0.274 e. The Bertz CT molecular complexity index is 948. The average molecular weight is 332 g/mol. The van der Waals surface area contributed by atoms with E-state index in [9.17, 15) is 9.59 Å². The molecule has 0 atom stereocenters. The van der Waals surface area contributed by atoms with Gasteiger partial charge in [0.1, 0.15) is 5.69 Å². The minimum Gasteiger partial charge on any atom is -0.349 e. The van der Waals surface area contributed by atoms with Gasteiger partial charge in [-0.25, -0.2) is 0 Å². The molecule has 0 aliphatic carbocycles. The molecule has 2 aromatic heterocycles. The molecule has 3 rings (SSSR count). The van der Waals surface area contributed by atoms with Crippen LogP contribution >= 0.6 is 0 Å². The largest absolute Gasteiger partial charge is 0.349 e. The fourth-order valence-electron chi connectivity index (χ4n) is 2.35. The van der Waals surface area contributed by atoms with Gasteiger partial charge in [-0.3, -0.25) is 19.6 Å². The van der Waals surface area contributed by atoms with Crippen LogP contribution in [0.25, 0.3) is 10.9 Å². The zero-order valence-electron chi connectivity index (χ0n) is 13.4. The van der Waals surface area contributed by atoms with Crippen LogP contribution in [-0.4, -0.2) is 28.3 Å². The van der Waals surface area contributed by atoms with Crippen molar-refractivity contribution in [1.29, 1.82) is 0 Å². The number of carbonyl (C=O) groups is 2. The SMILES string of the molecule is C=CCNC(=O)c1ccnc(C(=O)Nc2cccc3cccnc23)c1. The molecule has 25 heavy (non-hydrogen) atoms. The van der Waals surface area contributed by atoms with E-state index in [0.717, 1.165) is 5.39 Å². The highest BCUT2D eigenvalue weighted by molar-refractivity contribution is 6.08. The van der Waals surface area contributed by atoms with Crippen LogP contribution in [0.4, 0.5) is 5.69 Å². The van der Waals surface area contributed by atoms with Gasteiger partial charge >= 0.3 is 0 Å². The van der Waals surface area contributed by atoms with E-state index in [1.54, 1.807) is 24.4 Å². The van der Waals surface area contributed by atoms with E-state index >= 15 is 0 Å². The molecule has 0 unspecified atom stereocenters. The molecule has 6 nitrogen and oxygen atoms in total. The topological polar surface area (TPSA) is 84.0 Å². The molecule has 0 aliphatic heterocycles. The fourth-order valence-corrected chi connectivity index (χ4v) is 2.35. The first kappa shape index (κ1) is 16.3. The summed E-state index contributed by atoms with van der Waals surface area (Å²) in [4.78, 5) is 32.8. The number of anilines is 1. The van der Waals surface area contributed by atoms with E-state index in [1.165, 1.54) is 12.3 Å². The molecule has 6 heteroatoms. The van der Waals surface area contributed by atoms with E-state index in [1.807, 2.05) is 24.3 Å². The highest BCUT2D eigenvalue weighted by Crippen LogP contribution is 2.21. The van der Waals surface area contributed by atoms with E-state index < -0.39 is 5.91 Å². The van der Waals surface area contributed by atoms with Crippen LogP contribution in [0.2, 0.25) is 0 Å². The van der Waals surface area contributed by atoms with Crippen molar-refractivity contribution in [2.75, 3.05) is 11.9 Å². The van der Waals surface area contributed by atoms with Crippen LogP contribution in [0, 0.1) is 0 Å². The van der Waals surface area contributed by atoms with Gasteiger partial charge in [0.05, 0.1) is 11.2 Å². The maximum absolute atomic E-state index is 12.5. The molecule has 0 spiro atoms. The monoisotopic (exact) mass is 332 g/mol. The lowest BCUT2D eigenvalue weighted by molar-refractivity contribution is 0.0958. The molecule has 0 aliphatic rings. The third-order valence-electron chi connectivity index (χ3n) is 3.54. The molecule has 2 N–H and O–H groups in total. The number of amides is 2. The van der Waals surface area contributed by atoms with Crippen molar-refractivity contribution in [3.63, 3.8) is 0 Å². The molecule has 0 saturated carbocycles. The number of nitrogens with one attached hydrogen (secondary N) is 2. The summed E-state index contributed by atoms with van der Waals surface area (Å²) in [6.07, 6.45) is 4.68. The van der Waals surface area contributed by atoms with Crippen LogP contribution in [-0.2, 0) is 0 Å². The van der Waals surface area contributed by atoms with Gasteiger partial charge in [-0.1, -0.05) is 24.3 Å². The Morgan fingerprint density at radius 1 is 1.04 bits per heavy atom. The lowest BCUT2D eigenvalue weighted by Gasteiger charge is -2.08. The molecule has 2 heterocycles. The maximum Gasteiger partial charge on any atom is 0.274 e. The molecular weight excluding hydrogens is 316 g/mol. The van der Waals surface area contributed by atoms with Gasteiger partial charge in [-0.05, 0) is 24.3 Å². The Kier molecular flexibility index (Phi) is 4.80. The second kappa shape index (κ2) is 7.35. The molecule has 0 fully saturated rings. The van der Waals surface area contributed by atoms with Gasteiger partial charge in [0, 0.05) is 29.9 Å². The predicted octanol–water partition coefficient (Wildman–Crippen LogP) is 2.80. The summed E-state index contributed by atoms with van der Waals surface area (Å²) in [5, 5.41) is 6.38. The lowest BCUT2D eigenvalue weighted by atomic mass is 10.1. The minimum absolute atomic E-state index is 0.152. The zero-order chi connectivity index (χ0) is 17.6. The Morgan fingerprint density at radius 2 is 1.88 bits per heavy atom. The molecule has 1 aromatic carbocycles. The van der Waals surface area contributed by atoms with Gasteiger partial charge in [-0.2, -0.15) is 0 Å². The van der Waals surface area contributed by atoms with Gasteiger partial charge in [0.2, 0.25) is 0 Å². The summed E-state index contributed by atoms with van der Waals surface area (Å²) < 4.78 is 0.